The van der Waals surface area contributed by atoms with Gasteiger partial charge in [0.15, 0.2) is 5.60 Å². The summed E-state index contributed by atoms with van der Waals surface area (Å²) in [6.45, 7) is 0. The lowest BCUT2D eigenvalue weighted by atomic mass is 9.96. The lowest BCUT2D eigenvalue weighted by Crippen LogP contribution is -2.42. The summed E-state index contributed by atoms with van der Waals surface area (Å²) in [5.74, 6) is -8.67. The molecule has 0 aromatic carbocycles. The van der Waals surface area contributed by atoms with Crippen LogP contribution >= 0.6 is 20.2 Å². The highest BCUT2D eigenvalue weighted by atomic mass is 35.5. The molecular formula is C8H18ClO22PS2. The molecule has 0 aromatic heterocycles. The minimum atomic E-state index is -4.67. The number of rotatable bonds is 5. The van der Waals surface area contributed by atoms with Gasteiger partial charge in [0.2, 0.25) is 0 Å². The van der Waals surface area contributed by atoms with Crippen LogP contribution in [0.25, 0.3) is 0 Å². The second kappa shape index (κ2) is 21.2. The molecule has 0 amide bonds. The molecule has 0 aliphatic carbocycles. The van der Waals surface area contributed by atoms with E-state index in [2.05, 4.69) is 0 Å². The van der Waals surface area contributed by atoms with E-state index < -0.39 is 77.9 Å². The van der Waals surface area contributed by atoms with Gasteiger partial charge in [-0.2, -0.15) is 12.6 Å². The molecule has 0 unspecified atom stereocenters. The second-order valence-electron chi connectivity index (χ2n) is 4.28. The van der Waals surface area contributed by atoms with Gasteiger partial charge in [-0.25, -0.2) is 18.9 Å². The van der Waals surface area contributed by atoms with Crippen LogP contribution in [-0.2, 0) is 50.3 Å². The normalized spacial score (nSPS) is 9.91. The van der Waals surface area contributed by atoms with E-state index in [1.54, 1.807) is 0 Å². The number of aliphatic carboxylic acids is 5. The minimum absolute atomic E-state index is 0. The topological polar surface area (TPSA) is 417 Å². The Bertz CT molecular complexity index is 780. The van der Waals surface area contributed by atoms with E-state index in [4.69, 9.17) is 90.3 Å². The Balaban J connectivity index is -0.0000000788. The molecule has 34 heavy (non-hydrogen) atoms. The van der Waals surface area contributed by atoms with E-state index in [1.807, 2.05) is 0 Å². The third kappa shape index (κ3) is 78.1. The van der Waals surface area contributed by atoms with Crippen molar-refractivity contribution < 1.29 is 105 Å². The Morgan fingerprint density at radius 2 is 0.912 bits per heavy atom. The van der Waals surface area contributed by atoms with Gasteiger partial charge in [-0.3, -0.25) is 27.8 Å². The maximum atomic E-state index is 10.3. The van der Waals surface area contributed by atoms with Crippen molar-refractivity contribution in [3.8, 4) is 0 Å². The molecule has 26 heteroatoms. The Labute approximate surface area is 195 Å². The maximum absolute atomic E-state index is 10.3. The predicted octanol–water partition coefficient (Wildman–Crippen LogP) is -3.57. The first-order valence-corrected chi connectivity index (χ1v) is 10.3. The average molecular weight is 597 g/mol. The first kappa shape index (κ1) is 45.2. The van der Waals surface area contributed by atoms with Crippen molar-refractivity contribution in [3.63, 3.8) is 0 Å². The molecule has 13 N–H and O–H groups in total. The number of phosphoric acid groups is 1. The molecule has 0 atom stereocenters. The van der Waals surface area contributed by atoms with Gasteiger partial charge in [-0.1, -0.05) is 0 Å². The Hall–Kier alpha value is -2.35. The largest absolute Gasteiger partial charge is 0.481 e. The molecule has 0 aliphatic heterocycles. The van der Waals surface area contributed by atoms with Crippen LogP contribution in [-0.4, -0.2) is 112 Å². The summed E-state index contributed by atoms with van der Waals surface area (Å²) in [7, 11) is -9.31. The van der Waals surface area contributed by atoms with Crippen LogP contribution in [0.4, 0.5) is 0 Å². The number of carboxylic acids is 5. The van der Waals surface area contributed by atoms with Crippen molar-refractivity contribution in [2.24, 2.45) is 0 Å². The van der Waals surface area contributed by atoms with Crippen molar-refractivity contribution in [2.45, 2.75) is 18.4 Å². The fraction of sp³-hybridized carbons (Fsp3) is 0.375. The third-order valence-corrected chi connectivity index (χ3v) is 1.47. The van der Waals surface area contributed by atoms with E-state index in [1.165, 1.54) is 0 Å². The molecule has 0 rings (SSSR count). The number of hydrogen-bond acceptors (Lipinski definition) is 10. The van der Waals surface area contributed by atoms with Crippen molar-refractivity contribution in [3.05, 3.63) is 0 Å². The molecule has 0 spiro atoms. The smallest absolute Gasteiger partial charge is 0.466 e. The summed E-state index contributed by atoms with van der Waals surface area (Å²) in [6, 6.07) is 0. The highest BCUT2D eigenvalue weighted by Gasteiger charge is 2.40. The van der Waals surface area contributed by atoms with Gasteiger partial charge in [0, 0.05) is 0 Å². The fourth-order valence-corrected chi connectivity index (χ4v) is 0.714. The number of halogens is 1. The van der Waals surface area contributed by atoms with Gasteiger partial charge >= 0.3 is 48.1 Å². The molecule has 0 aromatic rings. The van der Waals surface area contributed by atoms with Gasteiger partial charge in [0.25, 0.3) is 11.4 Å². The van der Waals surface area contributed by atoms with Crippen molar-refractivity contribution in [1.29, 1.82) is 0 Å². The van der Waals surface area contributed by atoms with E-state index in [0.717, 1.165) is 0 Å². The predicted molar refractivity (Wildman–Crippen MR) is 101 cm³/mol. The quantitative estimate of drug-likeness (QED) is 0.0631. The molecular weight excluding hydrogens is 579 g/mol. The summed E-state index contributed by atoms with van der Waals surface area (Å²) in [5, 5.41) is 48.6. The summed E-state index contributed by atoms with van der Waals surface area (Å²) >= 11 is -2.61. The van der Waals surface area contributed by atoms with Crippen molar-refractivity contribution in [2.75, 3.05) is 0 Å². The lowest BCUT2D eigenvalue weighted by molar-refractivity contribution is -0.170. The second-order valence-corrected chi connectivity index (χ2v) is 6.66. The van der Waals surface area contributed by atoms with Crippen LogP contribution in [0.1, 0.15) is 12.8 Å². The van der Waals surface area contributed by atoms with Gasteiger partial charge in [0.1, 0.15) is 0 Å². The standard InChI is InChI=1S/C6H8O7.C2H2O4.ClH.H3O4P.H2O4S.H2O3S/c7-3(8)1-6(13,5(11)12)2-4(9)10;3-1(4)2(5)6;;2*1-5(2,3)4;1-4(2)3/h13H,1-2H2,(H,7,8)(H,9,10)(H,11,12);(H,3,4)(H,5,6);1H;(H3,1,2,3,4);(H2,1,2,3,4);(H2,1,2,3). The molecule has 0 fully saturated rings. The highest BCUT2D eigenvalue weighted by Crippen LogP contribution is 2.25. The third-order valence-electron chi connectivity index (χ3n) is 1.47. The molecule has 206 valence electrons. The van der Waals surface area contributed by atoms with Crippen LogP contribution in [0, 0.1) is 0 Å². The first-order chi connectivity index (χ1) is 14.2. The van der Waals surface area contributed by atoms with E-state index in [0.29, 0.717) is 0 Å². The van der Waals surface area contributed by atoms with Gasteiger partial charge in [-0.15, -0.1) is 12.4 Å². The van der Waals surface area contributed by atoms with Crippen molar-refractivity contribution >= 4 is 71.8 Å². The summed E-state index contributed by atoms with van der Waals surface area (Å²) < 4.78 is 63.3. The zero-order chi connectivity index (χ0) is 28.4. The molecule has 0 radical (unpaired) electrons. The van der Waals surface area contributed by atoms with Crippen molar-refractivity contribution in [1.82, 2.24) is 0 Å². The maximum Gasteiger partial charge on any atom is 0.466 e. The van der Waals surface area contributed by atoms with Gasteiger partial charge in [0.05, 0.1) is 12.8 Å². The van der Waals surface area contributed by atoms with E-state index in [-0.39, 0.29) is 12.4 Å². The zero-order valence-electron chi connectivity index (χ0n) is 15.6. The monoisotopic (exact) mass is 596 g/mol. The summed E-state index contributed by atoms with van der Waals surface area (Å²) in [5.41, 5.74) is -2.74. The number of carboxylic acid groups (broad SMARTS) is 5. The molecule has 0 saturated heterocycles. The van der Waals surface area contributed by atoms with Gasteiger partial charge < -0.3 is 45.3 Å². The van der Waals surface area contributed by atoms with E-state index >= 15 is 0 Å². The van der Waals surface area contributed by atoms with Crippen LogP contribution < -0.4 is 0 Å². The first-order valence-electron chi connectivity index (χ1n) is 6.29. The highest BCUT2D eigenvalue weighted by molar-refractivity contribution is 7.79. The molecule has 0 saturated carbocycles. The molecule has 0 bridgehead atoms. The SMILES string of the molecule is Cl.O=C(O)C(=O)O.O=C(O)CC(O)(CC(=O)O)C(=O)O.O=P(O)(O)O.O=S(=O)(O)O.O=S(O)O. The molecule has 22 nitrogen and oxygen atoms in total. The van der Waals surface area contributed by atoms with Crippen LogP contribution in [0.5, 0.6) is 0 Å². The Morgan fingerprint density at radius 3 is 0.971 bits per heavy atom. The van der Waals surface area contributed by atoms with Crippen LogP contribution in [0.15, 0.2) is 0 Å². The molecule has 0 heterocycles. The minimum Gasteiger partial charge on any atom is -0.481 e. The number of aliphatic hydroxyl groups is 1. The zero-order valence-corrected chi connectivity index (χ0v) is 18.9. The summed E-state index contributed by atoms with van der Waals surface area (Å²) in [6.07, 6.45) is -2.29. The van der Waals surface area contributed by atoms with Gasteiger partial charge in [-0.05, 0) is 0 Å². The number of carbonyl (C=O) groups is 5. The van der Waals surface area contributed by atoms with E-state index in [9.17, 15) is 14.4 Å². The molecule has 0 aliphatic rings. The lowest BCUT2D eigenvalue weighted by Gasteiger charge is -2.18. The number of hydrogen-bond donors (Lipinski definition) is 13. The fourth-order valence-electron chi connectivity index (χ4n) is 0.714. The summed E-state index contributed by atoms with van der Waals surface area (Å²) in [4.78, 5) is 70.2. The van der Waals surface area contributed by atoms with Crippen LogP contribution in [0.2, 0.25) is 0 Å². The Kier molecular flexibility index (Phi) is 28.2. The average Bonchev–Trinajstić information content (AvgIpc) is 2.41. The Morgan fingerprint density at radius 1 is 0.765 bits per heavy atom. The van der Waals surface area contributed by atoms with Crippen LogP contribution in [0.3, 0.4) is 0 Å².